The van der Waals surface area contributed by atoms with E-state index in [1.165, 1.54) is 4.90 Å². The summed E-state index contributed by atoms with van der Waals surface area (Å²) in [5.74, 6) is 0.672. The third-order valence-corrected chi connectivity index (χ3v) is 3.59. The first-order chi connectivity index (χ1) is 9.40. The van der Waals surface area contributed by atoms with Crippen LogP contribution in [0.15, 0.2) is 51.0 Å². The first-order valence-electron chi connectivity index (χ1n) is 6.37. The van der Waals surface area contributed by atoms with Crippen LogP contribution in [-0.4, -0.2) is 34.1 Å². The molecule has 5 heteroatoms. The third-order valence-electron chi connectivity index (χ3n) is 2.84. The van der Waals surface area contributed by atoms with Crippen molar-refractivity contribution in [2.24, 2.45) is 9.98 Å². The minimum Gasteiger partial charge on any atom is -0.288 e. The average molecular weight is 289 g/mol. The normalized spacial score (nSPS) is 16.6. The SMILES string of the molecule is CSc1ccc(C2=NC(=CN(O)C(C)(C)C)C=N2)cc1. The van der Waals surface area contributed by atoms with Crippen molar-refractivity contribution in [3.8, 4) is 0 Å². The second-order valence-corrected chi connectivity index (χ2v) is 6.37. The van der Waals surface area contributed by atoms with Crippen LogP contribution < -0.4 is 0 Å². The van der Waals surface area contributed by atoms with E-state index in [2.05, 4.69) is 9.98 Å². The number of aliphatic imine (C=N–C) groups is 2. The molecule has 2 rings (SSSR count). The Morgan fingerprint density at radius 2 is 1.85 bits per heavy atom. The second-order valence-electron chi connectivity index (χ2n) is 5.49. The topological polar surface area (TPSA) is 48.2 Å². The van der Waals surface area contributed by atoms with Crippen LogP contribution in [0.2, 0.25) is 0 Å². The van der Waals surface area contributed by atoms with Gasteiger partial charge in [0.05, 0.1) is 18.0 Å². The van der Waals surface area contributed by atoms with Crippen LogP contribution in [0.5, 0.6) is 0 Å². The van der Waals surface area contributed by atoms with Gasteiger partial charge < -0.3 is 0 Å². The van der Waals surface area contributed by atoms with Crippen molar-refractivity contribution in [1.82, 2.24) is 5.06 Å². The predicted molar refractivity (Wildman–Crippen MR) is 84.7 cm³/mol. The number of benzene rings is 1. The number of nitrogens with zero attached hydrogens (tertiary/aromatic N) is 3. The van der Waals surface area contributed by atoms with Crippen LogP contribution in [0.3, 0.4) is 0 Å². The molecule has 1 aliphatic rings. The number of rotatable bonds is 3. The first kappa shape index (κ1) is 14.8. The lowest BCUT2D eigenvalue weighted by Crippen LogP contribution is -2.34. The Balaban J connectivity index is 2.18. The van der Waals surface area contributed by atoms with Crippen molar-refractivity contribution in [2.75, 3.05) is 6.26 Å². The summed E-state index contributed by atoms with van der Waals surface area (Å²) in [7, 11) is 0. The molecular weight excluding hydrogens is 270 g/mol. The lowest BCUT2D eigenvalue weighted by Gasteiger charge is -2.27. The van der Waals surface area contributed by atoms with Gasteiger partial charge in [0, 0.05) is 10.5 Å². The molecule has 0 atom stereocenters. The molecule has 1 heterocycles. The van der Waals surface area contributed by atoms with Crippen molar-refractivity contribution < 1.29 is 5.21 Å². The van der Waals surface area contributed by atoms with Crippen LogP contribution in [-0.2, 0) is 0 Å². The highest BCUT2D eigenvalue weighted by atomic mass is 32.2. The summed E-state index contributed by atoms with van der Waals surface area (Å²) in [5, 5.41) is 11.0. The van der Waals surface area contributed by atoms with Gasteiger partial charge in [-0.2, -0.15) is 0 Å². The average Bonchev–Trinajstić information content (AvgIpc) is 2.86. The molecular formula is C15H19N3OS. The Bertz CT molecular complexity index is 568. The lowest BCUT2D eigenvalue weighted by molar-refractivity contribution is -0.110. The van der Waals surface area contributed by atoms with Gasteiger partial charge in [-0.05, 0) is 39.2 Å². The number of hydrogen-bond donors (Lipinski definition) is 1. The van der Waals surface area contributed by atoms with Crippen molar-refractivity contribution in [2.45, 2.75) is 31.2 Å². The van der Waals surface area contributed by atoms with Gasteiger partial charge in [0.25, 0.3) is 0 Å². The molecule has 0 radical (unpaired) electrons. The Morgan fingerprint density at radius 1 is 1.20 bits per heavy atom. The maximum Gasteiger partial charge on any atom is 0.159 e. The van der Waals surface area contributed by atoms with Crippen molar-refractivity contribution in [3.05, 3.63) is 41.7 Å². The van der Waals surface area contributed by atoms with E-state index in [1.54, 1.807) is 24.2 Å². The quantitative estimate of drug-likeness (QED) is 0.683. The third kappa shape index (κ3) is 3.49. The Hall–Kier alpha value is -1.59. The zero-order chi connectivity index (χ0) is 14.8. The molecule has 1 aromatic carbocycles. The molecule has 0 amide bonds. The predicted octanol–water partition coefficient (Wildman–Crippen LogP) is 3.57. The number of allylic oxidation sites excluding steroid dienone is 1. The summed E-state index contributed by atoms with van der Waals surface area (Å²) >= 11 is 1.70. The maximum absolute atomic E-state index is 9.89. The highest BCUT2D eigenvalue weighted by molar-refractivity contribution is 7.98. The molecule has 0 fully saturated rings. The minimum atomic E-state index is -0.362. The van der Waals surface area contributed by atoms with E-state index in [0.29, 0.717) is 11.5 Å². The van der Waals surface area contributed by atoms with Crippen LogP contribution in [0.4, 0.5) is 0 Å². The number of hydroxylamine groups is 2. The zero-order valence-electron chi connectivity index (χ0n) is 12.2. The van der Waals surface area contributed by atoms with Crippen LogP contribution in [0, 0.1) is 0 Å². The van der Waals surface area contributed by atoms with Crippen molar-refractivity contribution in [3.63, 3.8) is 0 Å². The lowest BCUT2D eigenvalue weighted by atomic mass is 10.1. The molecule has 1 aliphatic heterocycles. The Labute approximate surface area is 123 Å². The molecule has 4 nitrogen and oxygen atoms in total. The monoisotopic (exact) mass is 289 g/mol. The highest BCUT2D eigenvalue weighted by Crippen LogP contribution is 2.19. The van der Waals surface area contributed by atoms with E-state index in [4.69, 9.17) is 0 Å². The molecule has 1 N–H and O–H groups in total. The van der Waals surface area contributed by atoms with Gasteiger partial charge >= 0.3 is 0 Å². The van der Waals surface area contributed by atoms with Gasteiger partial charge in [0.1, 0.15) is 5.70 Å². The highest BCUT2D eigenvalue weighted by Gasteiger charge is 2.18. The second kappa shape index (κ2) is 5.81. The fourth-order valence-corrected chi connectivity index (χ4v) is 1.98. The number of hydrogen-bond acceptors (Lipinski definition) is 5. The molecule has 1 aromatic rings. The van der Waals surface area contributed by atoms with Crippen molar-refractivity contribution in [1.29, 1.82) is 0 Å². The molecule has 0 saturated carbocycles. The number of amidine groups is 1. The summed E-state index contributed by atoms with van der Waals surface area (Å²) < 4.78 is 0. The first-order valence-corrected chi connectivity index (χ1v) is 7.60. The van der Waals surface area contributed by atoms with Gasteiger partial charge in [0.2, 0.25) is 0 Å². The standard InChI is InChI=1S/C15H19N3OS/c1-15(2,3)18(19)10-12-9-16-14(17-12)11-5-7-13(20-4)8-6-11/h5-10,19H,1-4H3. The molecule has 0 aromatic heterocycles. The van der Waals surface area contributed by atoms with Crippen LogP contribution >= 0.6 is 11.8 Å². The molecule has 0 unspecified atom stereocenters. The van der Waals surface area contributed by atoms with Crippen LogP contribution in [0.25, 0.3) is 0 Å². The fraction of sp³-hybridized carbons (Fsp3) is 0.333. The van der Waals surface area contributed by atoms with Gasteiger partial charge in [0.15, 0.2) is 5.84 Å². The molecule has 0 spiro atoms. The molecule has 106 valence electrons. The van der Waals surface area contributed by atoms with E-state index in [9.17, 15) is 5.21 Å². The summed E-state index contributed by atoms with van der Waals surface area (Å²) in [4.78, 5) is 9.91. The van der Waals surface area contributed by atoms with Crippen LogP contribution in [0.1, 0.15) is 26.3 Å². The zero-order valence-corrected chi connectivity index (χ0v) is 13.0. The van der Waals surface area contributed by atoms with Gasteiger partial charge in [-0.15, -0.1) is 11.8 Å². The number of thioether (sulfide) groups is 1. The van der Waals surface area contributed by atoms with E-state index in [-0.39, 0.29) is 5.54 Å². The van der Waals surface area contributed by atoms with E-state index < -0.39 is 0 Å². The molecule has 20 heavy (non-hydrogen) atoms. The van der Waals surface area contributed by atoms with Gasteiger partial charge in [-0.25, -0.2) is 9.98 Å². The Kier molecular flexibility index (Phi) is 4.30. The maximum atomic E-state index is 9.89. The smallest absolute Gasteiger partial charge is 0.159 e. The van der Waals surface area contributed by atoms with E-state index in [0.717, 1.165) is 10.6 Å². The van der Waals surface area contributed by atoms with E-state index >= 15 is 0 Å². The summed E-state index contributed by atoms with van der Waals surface area (Å²) in [5.41, 5.74) is 1.26. The minimum absolute atomic E-state index is 0.362. The van der Waals surface area contributed by atoms with E-state index in [1.807, 2.05) is 51.3 Å². The fourth-order valence-electron chi connectivity index (χ4n) is 1.57. The summed E-state index contributed by atoms with van der Waals surface area (Å²) in [6.07, 6.45) is 5.29. The van der Waals surface area contributed by atoms with Gasteiger partial charge in [-0.1, -0.05) is 12.1 Å². The molecule has 0 saturated heterocycles. The summed E-state index contributed by atoms with van der Waals surface area (Å²) in [6, 6.07) is 8.11. The molecule has 0 bridgehead atoms. The van der Waals surface area contributed by atoms with Crippen molar-refractivity contribution >= 4 is 23.8 Å². The molecule has 0 aliphatic carbocycles. The largest absolute Gasteiger partial charge is 0.288 e. The summed E-state index contributed by atoms with van der Waals surface area (Å²) in [6.45, 7) is 5.76. The Morgan fingerprint density at radius 3 is 2.40 bits per heavy atom. The van der Waals surface area contributed by atoms with Gasteiger partial charge in [-0.3, -0.25) is 10.3 Å².